The molecule has 23 atom stereocenters. The molecule has 3 saturated heterocycles. The highest BCUT2D eigenvalue weighted by Crippen LogP contribution is 2.76. The molecule has 382 valence electrons. The summed E-state index contributed by atoms with van der Waals surface area (Å²) in [7, 11) is 0. The van der Waals surface area contributed by atoms with Crippen molar-refractivity contribution in [1.82, 2.24) is 0 Å². The number of hydrogen-bond acceptors (Lipinski definition) is 18. The molecule has 3 aliphatic heterocycles. The monoisotopic (exact) mass is 956 g/mol. The van der Waals surface area contributed by atoms with Crippen molar-refractivity contribution in [3.05, 3.63) is 11.6 Å². The summed E-state index contributed by atoms with van der Waals surface area (Å²) in [5.74, 6) is -2.14. The van der Waals surface area contributed by atoms with Gasteiger partial charge in [0.15, 0.2) is 12.6 Å². The fourth-order valence-electron chi connectivity index (χ4n) is 15.1. The maximum atomic E-state index is 14.7. The molecule has 0 aromatic rings. The molecule has 0 amide bonds. The lowest BCUT2D eigenvalue weighted by atomic mass is 9.33. The Morgan fingerprint density at radius 2 is 1.22 bits per heavy atom. The van der Waals surface area contributed by atoms with Crippen LogP contribution in [-0.4, -0.2) is 180 Å². The lowest BCUT2D eigenvalue weighted by molar-refractivity contribution is -0.364. The Hall–Kier alpha value is -1.92. The highest BCUT2D eigenvalue weighted by molar-refractivity contribution is 5.85. The lowest BCUT2D eigenvalue weighted by Crippen LogP contribution is -2.68. The second kappa shape index (κ2) is 18.0. The van der Waals surface area contributed by atoms with Crippen molar-refractivity contribution in [3.63, 3.8) is 0 Å². The molecule has 0 aromatic carbocycles. The summed E-state index contributed by atoms with van der Waals surface area (Å²) in [6, 6.07) is 0. The first-order valence-corrected chi connectivity index (χ1v) is 24.3. The molecule has 11 N–H and O–H groups in total. The number of hydrogen-bond donors (Lipinski definition) is 11. The lowest BCUT2D eigenvalue weighted by Gasteiger charge is -2.70. The fourth-order valence-corrected chi connectivity index (χ4v) is 15.1. The van der Waals surface area contributed by atoms with E-state index < -0.39 is 151 Å². The van der Waals surface area contributed by atoms with Gasteiger partial charge in [0.1, 0.15) is 67.1 Å². The molecular formula is C48H76O19. The number of aliphatic hydroxyl groups is 10. The van der Waals surface area contributed by atoms with E-state index in [9.17, 15) is 65.8 Å². The summed E-state index contributed by atoms with van der Waals surface area (Å²) in [5, 5.41) is 117. The quantitative estimate of drug-likeness (QED) is 0.0838. The van der Waals surface area contributed by atoms with Crippen LogP contribution in [-0.2, 0) is 38.0 Å². The molecule has 0 aromatic heterocycles. The number of esters is 1. The van der Waals surface area contributed by atoms with Gasteiger partial charge in [-0.05, 0) is 111 Å². The third-order valence-electron chi connectivity index (χ3n) is 19.1. The third-order valence-corrected chi connectivity index (χ3v) is 19.1. The van der Waals surface area contributed by atoms with Gasteiger partial charge >= 0.3 is 11.9 Å². The number of carboxylic acids is 1. The molecule has 0 spiro atoms. The second-order valence-electron chi connectivity index (χ2n) is 23.3. The van der Waals surface area contributed by atoms with E-state index in [1.54, 1.807) is 6.92 Å². The zero-order chi connectivity index (χ0) is 49.1. The van der Waals surface area contributed by atoms with Gasteiger partial charge in [-0.3, -0.25) is 9.59 Å². The Labute approximate surface area is 391 Å². The Bertz CT molecular complexity index is 1870. The molecule has 0 radical (unpaired) electrons. The summed E-state index contributed by atoms with van der Waals surface area (Å²) in [6.07, 6.45) is -15.9. The highest BCUT2D eigenvalue weighted by Gasteiger charge is 2.73. The number of allylic oxidation sites excluding steroid dienone is 1. The van der Waals surface area contributed by atoms with Gasteiger partial charge in [-0.15, -0.1) is 0 Å². The minimum atomic E-state index is -1.77. The van der Waals surface area contributed by atoms with Crippen LogP contribution in [0.25, 0.3) is 0 Å². The molecule has 8 aliphatic rings. The van der Waals surface area contributed by atoms with E-state index in [-0.39, 0.29) is 35.5 Å². The van der Waals surface area contributed by atoms with Crippen LogP contribution in [0.3, 0.4) is 0 Å². The number of fused-ring (bicyclic) bond motifs is 7. The van der Waals surface area contributed by atoms with Crippen molar-refractivity contribution in [1.29, 1.82) is 0 Å². The van der Waals surface area contributed by atoms with Gasteiger partial charge in [0.05, 0.1) is 36.3 Å². The molecule has 5 aliphatic carbocycles. The van der Waals surface area contributed by atoms with Gasteiger partial charge in [-0.2, -0.15) is 0 Å². The average molecular weight is 957 g/mol. The summed E-state index contributed by atoms with van der Waals surface area (Å²) in [5.41, 5.74) is -3.59. The second-order valence-corrected chi connectivity index (χ2v) is 23.3. The van der Waals surface area contributed by atoms with Crippen LogP contribution >= 0.6 is 0 Å². The van der Waals surface area contributed by atoms with E-state index in [4.69, 9.17) is 28.4 Å². The van der Waals surface area contributed by atoms with Crippen LogP contribution in [0.1, 0.15) is 113 Å². The van der Waals surface area contributed by atoms with Crippen molar-refractivity contribution in [2.24, 2.45) is 50.2 Å². The minimum absolute atomic E-state index is 0.0350. The first-order valence-electron chi connectivity index (χ1n) is 24.3. The number of carboxylic acid groups (broad SMARTS) is 1. The van der Waals surface area contributed by atoms with Crippen LogP contribution < -0.4 is 0 Å². The summed E-state index contributed by atoms with van der Waals surface area (Å²) < 4.78 is 35.6. The van der Waals surface area contributed by atoms with Gasteiger partial charge in [0.25, 0.3) is 0 Å². The first-order chi connectivity index (χ1) is 31.3. The molecular weight excluding hydrogens is 881 g/mol. The smallest absolute Gasteiger partial charge is 0.315 e. The van der Waals surface area contributed by atoms with Crippen molar-refractivity contribution < 1.29 is 94.2 Å². The Balaban J connectivity index is 1.02. The zero-order valence-electron chi connectivity index (χ0n) is 39.7. The van der Waals surface area contributed by atoms with E-state index in [2.05, 4.69) is 47.6 Å². The van der Waals surface area contributed by atoms with Crippen LogP contribution in [0.5, 0.6) is 0 Å². The molecule has 8 rings (SSSR count). The Morgan fingerprint density at radius 1 is 0.657 bits per heavy atom. The Kier molecular flexibility index (Phi) is 13.8. The summed E-state index contributed by atoms with van der Waals surface area (Å²) in [4.78, 5) is 29.0. The molecule has 23 unspecified atom stereocenters. The molecule has 4 saturated carbocycles. The van der Waals surface area contributed by atoms with E-state index >= 15 is 0 Å². The van der Waals surface area contributed by atoms with Crippen LogP contribution in [0.15, 0.2) is 11.6 Å². The van der Waals surface area contributed by atoms with Gasteiger partial charge in [-0.25, -0.2) is 0 Å². The third kappa shape index (κ3) is 7.88. The van der Waals surface area contributed by atoms with Crippen LogP contribution in [0, 0.1) is 50.2 Å². The molecule has 3 heterocycles. The molecule has 7 fully saturated rings. The predicted molar refractivity (Wildman–Crippen MR) is 231 cm³/mol. The summed E-state index contributed by atoms with van der Waals surface area (Å²) >= 11 is 0. The fraction of sp³-hybridized carbons (Fsp3) is 0.917. The standard InChI is InChI=1S/C48H76O19/c1-21-37(66-39-34(56)31(53)29(51)24(19-49)63-39)33(55)36(58)38(62-21)65-28-11-12-45(6)26(44(28,4)5)10-13-46(7)27(45)9-8-22-23-18-43(2,3)14-15-47(23,16-17-48(22,46)41(59)60)42(61)67-40-35(57)32(54)30(52)25(20-50)64-40/h8,21,23-40,49-58H,9-20H2,1-7H3,(H,59,60). The van der Waals surface area contributed by atoms with Gasteiger partial charge in [-0.1, -0.05) is 53.2 Å². The first kappa shape index (κ1) is 51.4. The topological polar surface area (TPSA) is 312 Å². The van der Waals surface area contributed by atoms with Crippen molar-refractivity contribution in [2.75, 3.05) is 13.2 Å². The van der Waals surface area contributed by atoms with Gasteiger partial charge in [0.2, 0.25) is 6.29 Å². The molecule has 0 bridgehead atoms. The van der Waals surface area contributed by atoms with E-state index in [0.717, 1.165) is 5.57 Å². The van der Waals surface area contributed by atoms with E-state index in [0.29, 0.717) is 51.4 Å². The minimum Gasteiger partial charge on any atom is -0.481 e. The maximum Gasteiger partial charge on any atom is 0.315 e. The van der Waals surface area contributed by atoms with Gasteiger partial charge < -0.3 is 84.6 Å². The number of carbonyl (C=O) groups is 2. The number of aliphatic carboxylic acids is 1. The van der Waals surface area contributed by atoms with Crippen LogP contribution in [0.2, 0.25) is 0 Å². The van der Waals surface area contributed by atoms with Gasteiger partial charge in [0, 0.05) is 0 Å². The predicted octanol–water partition coefficient (Wildman–Crippen LogP) is 0.233. The zero-order valence-corrected chi connectivity index (χ0v) is 39.7. The number of carbonyl (C=O) groups excluding carboxylic acids is 1. The van der Waals surface area contributed by atoms with Crippen LogP contribution in [0.4, 0.5) is 0 Å². The number of aliphatic hydroxyl groups excluding tert-OH is 10. The number of ether oxygens (including phenoxy) is 6. The highest BCUT2D eigenvalue weighted by atomic mass is 16.7. The summed E-state index contributed by atoms with van der Waals surface area (Å²) in [6.45, 7) is 13.1. The molecule has 19 nitrogen and oxygen atoms in total. The molecule has 19 heteroatoms. The maximum absolute atomic E-state index is 14.7. The number of rotatable bonds is 9. The van der Waals surface area contributed by atoms with E-state index in [1.165, 1.54) is 0 Å². The average Bonchev–Trinajstić information content (AvgIpc) is 3.27. The Morgan fingerprint density at radius 3 is 1.84 bits per heavy atom. The van der Waals surface area contributed by atoms with Crippen molar-refractivity contribution >= 4 is 11.9 Å². The normalized spacial score (nSPS) is 52.6. The molecule has 67 heavy (non-hydrogen) atoms. The SMILES string of the molecule is CC1OC(OC2CCC3(C)C(CCC4(C)C3CC=C3C5CC(C)(C)CCC5(C(=O)OC5OC(CO)C(O)C(O)C5O)CCC34C(=O)O)C2(C)C)C(O)C(O)C1OC1OC(CO)C(O)C(O)C1O. The largest absolute Gasteiger partial charge is 0.481 e. The van der Waals surface area contributed by atoms with Crippen molar-refractivity contribution in [2.45, 2.75) is 211 Å². The van der Waals surface area contributed by atoms with E-state index in [1.807, 2.05) is 0 Å². The van der Waals surface area contributed by atoms with Crippen molar-refractivity contribution in [3.8, 4) is 0 Å².